The van der Waals surface area contributed by atoms with Crippen LogP contribution in [-0.4, -0.2) is 35.3 Å². The Morgan fingerprint density at radius 2 is 1.90 bits per heavy atom. The topological polar surface area (TPSA) is 88.0 Å². The van der Waals surface area contributed by atoms with Gasteiger partial charge < -0.3 is 25.0 Å². The molecule has 3 N–H and O–H groups in total. The molecule has 0 saturated carbocycles. The van der Waals surface area contributed by atoms with Crippen molar-refractivity contribution in [2.24, 2.45) is 0 Å². The molecule has 31 heavy (non-hydrogen) atoms. The molecule has 0 aromatic heterocycles. The largest absolute Gasteiger partial charge is 0.491 e. The molecule has 4 rings (SSSR count). The Hall–Kier alpha value is -3.49. The first-order chi connectivity index (χ1) is 14.9. The van der Waals surface area contributed by atoms with Gasteiger partial charge in [0.1, 0.15) is 42.5 Å². The summed E-state index contributed by atoms with van der Waals surface area (Å²) in [5, 5.41) is 21.2. The maximum Gasteiger partial charge on any atom is 0.197 e. The van der Waals surface area contributed by atoms with Gasteiger partial charge in [-0.1, -0.05) is 6.07 Å². The van der Waals surface area contributed by atoms with Gasteiger partial charge in [0.25, 0.3) is 0 Å². The minimum absolute atomic E-state index is 0.0939. The summed E-state index contributed by atoms with van der Waals surface area (Å²) in [6.07, 6.45) is -1.02. The first kappa shape index (κ1) is 20.8. The van der Waals surface area contributed by atoms with Crippen LogP contribution in [0.15, 0.2) is 54.6 Å². The molecule has 0 aliphatic carbocycles. The number of benzene rings is 3. The van der Waals surface area contributed by atoms with Gasteiger partial charge in [0.2, 0.25) is 0 Å². The molecule has 1 aliphatic rings. The zero-order valence-corrected chi connectivity index (χ0v) is 16.3. The van der Waals surface area contributed by atoms with Gasteiger partial charge in [0, 0.05) is 28.9 Å². The summed E-state index contributed by atoms with van der Waals surface area (Å²) in [5.41, 5.74) is 1.97. The number of ether oxygens (including phenoxy) is 2. The van der Waals surface area contributed by atoms with Gasteiger partial charge in [-0.2, -0.15) is 0 Å². The fraction of sp³-hybridized carbons (Fsp3) is 0.174. The first-order valence-electron chi connectivity index (χ1n) is 9.53. The van der Waals surface area contributed by atoms with Crippen molar-refractivity contribution in [3.63, 3.8) is 0 Å². The van der Waals surface area contributed by atoms with Crippen LogP contribution in [0.2, 0.25) is 0 Å². The number of anilines is 2. The smallest absolute Gasteiger partial charge is 0.197 e. The zero-order valence-electron chi connectivity index (χ0n) is 16.3. The number of aliphatic hydroxyl groups excluding tert-OH is 2. The molecule has 0 amide bonds. The highest BCUT2D eigenvalue weighted by molar-refractivity contribution is 6.12. The highest BCUT2D eigenvalue weighted by Gasteiger charge is 2.23. The van der Waals surface area contributed by atoms with Crippen LogP contribution in [0.3, 0.4) is 0 Å². The Bertz CT molecular complexity index is 1130. The van der Waals surface area contributed by atoms with E-state index in [-0.39, 0.29) is 24.7 Å². The van der Waals surface area contributed by atoms with Crippen molar-refractivity contribution >= 4 is 17.2 Å². The van der Waals surface area contributed by atoms with E-state index in [4.69, 9.17) is 14.6 Å². The Balaban J connectivity index is 1.58. The maximum atomic E-state index is 13.9. The minimum Gasteiger partial charge on any atom is -0.491 e. The lowest BCUT2D eigenvalue weighted by atomic mass is 9.98. The van der Waals surface area contributed by atoms with E-state index in [2.05, 4.69) is 5.32 Å². The Labute approximate surface area is 176 Å². The van der Waals surface area contributed by atoms with Crippen LogP contribution >= 0.6 is 0 Å². The Kier molecular flexibility index (Phi) is 5.83. The SMILES string of the molecule is O=C1c2cc(OC[C@H](O)CO)ccc2COc2cc(Nc3ccc(F)cc3F)ccc21. The van der Waals surface area contributed by atoms with Crippen LogP contribution in [0.1, 0.15) is 21.5 Å². The van der Waals surface area contributed by atoms with Gasteiger partial charge >= 0.3 is 0 Å². The summed E-state index contributed by atoms with van der Waals surface area (Å²) in [7, 11) is 0. The number of carbonyl (C=O) groups excluding carboxylic acids is 1. The van der Waals surface area contributed by atoms with E-state index >= 15 is 0 Å². The fourth-order valence-corrected chi connectivity index (χ4v) is 3.18. The predicted molar refractivity (Wildman–Crippen MR) is 109 cm³/mol. The number of fused-ring (bicyclic) bond motifs is 2. The van der Waals surface area contributed by atoms with Crippen molar-refractivity contribution in [2.45, 2.75) is 12.7 Å². The van der Waals surface area contributed by atoms with Crippen molar-refractivity contribution in [1.29, 1.82) is 0 Å². The molecule has 1 atom stereocenters. The standard InChI is InChI=1S/C23H19F2NO5/c24-14-2-6-21(20(25)7-14)26-15-3-5-18-22(8-15)31-11-13-1-4-17(9-19(13)23(18)29)30-12-16(28)10-27/h1-9,16,26-28H,10-12H2/t16-/m1/s1. The lowest BCUT2D eigenvalue weighted by Crippen LogP contribution is -2.21. The third-order valence-electron chi connectivity index (χ3n) is 4.80. The van der Waals surface area contributed by atoms with Crippen molar-refractivity contribution in [3.05, 3.63) is 82.9 Å². The first-order valence-corrected chi connectivity index (χ1v) is 9.53. The van der Waals surface area contributed by atoms with E-state index in [1.54, 1.807) is 36.4 Å². The third-order valence-corrected chi connectivity index (χ3v) is 4.80. The maximum absolute atomic E-state index is 13.9. The molecule has 160 valence electrons. The predicted octanol–water partition coefficient (Wildman–Crippen LogP) is 3.56. The van der Waals surface area contributed by atoms with Crippen molar-refractivity contribution in [2.75, 3.05) is 18.5 Å². The second-order valence-electron chi connectivity index (χ2n) is 7.04. The fourth-order valence-electron chi connectivity index (χ4n) is 3.18. The number of ketones is 1. The number of nitrogens with one attached hydrogen (secondary N) is 1. The molecule has 0 spiro atoms. The van der Waals surface area contributed by atoms with Crippen molar-refractivity contribution in [3.8, 4) is 11.5 Å². The summed E-state index contributed by atoms with van der Waals surface area (Å²) >= 11 is 0. The minimum atomic E-state index is -1.02. The molecule has 0 saturated heterocycles. The summed E-state index contributed by atoms with van der Waals surface area (Å²) in [6, 6.07) is 12.9. The molecule has 3 aromatic rings. The van der Waals surface area contributed by atoms with Gasteiger partial charge in [0.15, 0.2) is 5.78 Å². The molecule has 8 heteroatoms. The number of rotatable bonds is 6. The Morgan fingerprint density at radius 3 is 2.68 bits per heavy atom. The molecule has 0 fully saturated rings. The second-order valence-corrected chi connectivity index (χ2v) is 7.04. The average Bonchev–Trinajstić information content (AvgIpc) is 2.90. The summed E-state index contributed by atoms with van der Waals surface area (Å²) < 4.78 is 38.3. The van der Waals surface area contributed by atoms with E-state index in [0.29, 0.717) is 33.9 Å². The number of hydrogen-bond donors (Lipinski definition) is 3. The van der Waals surface area contributed by atoms with E-state index in [1.807, 2.05) is 0 Å². The van der Waals surface area contributed by atoms with Crippen LogP contribution in [-0.2, 0) is 6.61 Å². The van der Waals surface area contributed by atoms with Crippen LogP contribution in [0.4, 0.5) is 20.2 Å². The molecule has 0 unspecified atom stereocenters. The van der Waals surface area contributed by atoms with E-state index < -0.39 is 24.3 Å². The molecule has 1 aliphatic heterocycles. The zero-order chi connectivity index (χ0) is 22.0. The Morgan fingerprint density at radius 1 is 1.06 bits per heavy atom. The van der Waals surface area contributed by atoms with Crippen LogP contribution in [0.25, 0.3) is 0 Å². The van der Waals surface area contributed by atoms with E-state index in [0.717, 1.165) is 12.1 Å². The molecule has 0 bridgehead atoms. The number of carbonyl (C=O) groups is 1. The molecule has 0 radical (unpaired) electrons. The van der Waals surface area contributed by atoms with Gasteiger partial charge in [-0.3, -0.25) is 4.79 Å². The van der Waals surface area contributed by atoms with E-state index in [1.165, 1.54) is 6.07 Å². The number of hydrogen-bond acceptors (Lipinski definition) is 6. The monoisotopic (exact) mass is 427 g/mol. The summed E-state index contributed by atoms with van der Waals surface area (Å²) in [4.78, 5) is 13.1. The molecular formula is C23H19F2NO5. The van der Waals surface area contributed by atoms with Crippen molar-refractivity contribution in [1.82, 2.24) is 0 Å². The van der Waals surface area contributed by atoms with Crippen molar-refractivity contribution < 1.29 is 33.3 Å². The summed E-state index contributed by atoms with van der Waals surface area (Å²) in [6.45, 7) is -0.392. The highest BCUT2D eigenvalue weighted by Crippen LogP contribution is 2.33. The van der Waals surface area contributed by atoms with Crippen LogP contribution in [0, 0.1) is 11.6 Å². The quantitative estimate of drug-likeness (QED) is 0.558. The van der Waals surface area contributed by atoms with Gasteiger partial charge in [0.05, 0.1) is 17.9 Å². The molecule has 3 aromatic carbocycles. The molecule has 1 heterocycles. The molecule has 6 nitrogen and oxygen atoms in total. The number of aliphatic hydroxyl groups is 2. The molecular weight excluding hydrogens is 408 g/mol. The summed E-state index contributed by atoms with van der Waals surface area (Å²) in [5.74, 6) is -0.973. The van der Waals surface area contributed by atoms with Crippen LogP contribution in [0.5, 0.6) is 11.5 Å². The second kappa shape index (κ2) is 8.71. The normalized spacial score (nSPS) is 13.5. The third kappa shape index (κ3) is 4.50. The van der Waals surface area contributed by atoms with Gasteiger partial charge in [-0.15, -0.1) is 0 Å². The van der Waals surface area contributed by atoms with Gasteiger partial charge in [-0.25, -0.2) is 8.78 Å². The average molecular weight is 427 g/mol. The number of halogens is 2. The highest BCUT2D eigenvalue weighted by atomic mass is 19.1. The van der Waals surface area contributed by atoms with Gasteiger partial charge in [-0.05, 0) is 36.4 Å². The lowest BCUT2D eigenvalue weighted by molar-refractivity contribution is 0.0536. The lowest BCUT2D eigenvalue weighted by Gasteiger charge is -2.12. The van der Waals surface area contributed by atoms with E-state index in [9.17, 15) is 18.7 Å². The van der Waals surface area contributed by atoms with Crippen LogP contribution < -0.4 is 14.8 Å².